The smallest absolute Gasteiger partial charge is 0.408 e. The summed E-state index contributed by atoms with van der Waals surface area (Å²) >= 11 is 0. The molecular weight excluding hydrogens is 280 g/mol. The first-order chi connectivity index (χ1) is 10.3. The van der Waals surface area contributed by atoms with Crippen LogP contribution in [-0.2, 0) is 22.4 Å². The highest BCUT2D eigenvalue weighted by Gasteiger charge is 2.27. The maximum Gasteiger partial charge on any atom is 0.408 e. The zero-order chi connectivity index (χ0) is 16.3. The molecule has 1 aliphatic rings. The van der Waals surface area contributed by atoms with Crippen molar-refractivity contribution in [1.82, 2.24) is 10.2 Å². The Bertz CT molecular complexity index is 538. The van der Waals surface area contributed by atoms with Crippen LogP contribution in [0.15, 0.2) is 24.3 Å². The van der Waals surface area contributed by atoms with Crippen LogP contribution in [0.5, 0.6) is 0 Å². The van der Waals surface area contributed by atoms with E-state index in [-0.39, 0.29) is 18.5 Å². The molecule has 2 rings (SSSR count). The fraction of sp³-hybridized carbons (Fsp3) is 0.529. The SMILES string of the molecule is CN(C(=O)CNC(=O)OC(C)(C)C)C1Cc2ccccc2C1. The molecule has 2 amide bonds. The van der Waals surface area contributed by atoms with Crippen LogP contribution in [0.1, 0.15) is 31.9 Å². The van der Waals surface area contributed by atoms with Gasteiger partial charge < -0.3 is 15.0 Å². The van der Waals surface area contributed by atoms with E-state index < -0.39 is 11.7 Å². The second kappa shape index (κ2) is 6.38. The molecule has 0 unspecified atom stereocenters. The predicted octanol–water partition coefficient (Wildman–Crippen LogP) is 2.14. The summed E-state index contributed by atoms with van der Waals surface area (Å²) in [5.74, 6) is -0.108. The minimum atomic E-state index is -0.566. The number of hydrogen-bond donors (Lipinski definition) is 1. The molecule has 5 nitrogen and oxygen atoms in total. The molecule has 0 atom stereocenters. The first-order valence-corrected chi connectivity index (χ1v) is 7.55. The summed E-state index contributed by atoms with van der Waals surface area (Å²) < 4.78 is 5.12. The van der Waals surface area contributed by atoms with Gasteiger partial charge in [-0.2, -0.15) is 0 Å². The predicted molar refractivity (Wildman–Crippen MR) is 84.6 cm³/mol. The third-order valence-corrected chi connectivity index (χ3v) is 3.75. The fourth-order valence-electron chi connectivity index (χ4n) is 2.60. The Morgan fingerprint density at radius 2 is 1.77 bits per heavy atom. The average molecular weight is 304 g/mol. The standard InChI is InChI=1S/C17H24N2O3/c1-17(2,3)22-16(21)18-11-15(20)19(4)14-9-12-7-5-6-8-13(12)10-14/h5-8,14H,9-11H2,1-4H3,(H,18,21). The van der Waals surface area contributed by atoms with Gasteiger partial charge in [-0.3, -0.25) is 4.79 Å². The second-order valence-corrected chi connectivity index (χ2v) is 6.69. The number of amides is 2. The van der Waals surface area contributed by atoms with Crippen molar-refractivity contribution in [1.29, 1.82) is 0 Å². The Labute approximate surface area is 131 Å². The molecular formula is C17H24N2O3. The van der Waals surface area contributed by atoms with Gasteiger partial charge in [-0.05, 0) is 44.7 Å². The van der Waals surface area contributed by atoms with Gasteiger partial charge in [0.05, 0.1) is 0 Å². The van der Waals surface area contributed by atoms with E-state index >= 15 is 0 Å². The summed E-state index contributed by atoms with van der Waals surface area (Å²) in [5, 5.41) is 2.51. The van der Waals surface area contributed by atoms with Crippen LogP contribution in [0.3, 0.4) is 0 Å². The zero-order valence-corrected chi connectivity index (χ0v) is 13.7. The molecule has 1 N–H and O–H groups in total. The Morgan fingerprint density at radius 3 is 2.27 bits per heavy atom. The van der Waals surface area contributed by atoms with Gasteiger partial charge in [0.2, 0.25) is 5.91 Å². The van der Waals surface area contributed by atoms with Crippen LogP contribution in [0, 0.1) is 0 Å². The largest absolute Gasteiger partial charge is 0.444 e. The summed E-state index contributed by atoms with van der Waals surface area (Å²) in [6.45, 7) is 5.32. The highest BCUT2D eigenvalue weighted by atomic mass is 16.6. The van der Waals surface area contributed by atoms with Crippen LogP contribution in [0.25, 0.3) is 0 Å². The third-order valence-electron chi connectivity index (χ3n) is 3.75. The van der Waals surface area contributed by atoms with Crippen LogP contribution in [-0.4, -0.2) is 42.1 Å². The lowest BCUT2D eigenvalue weighted by Crippen LogP contribution is -2.44. The minimum Gasteiger partial charge on any atom is -0.444 e. The molecule has 1 aromatic carbocycles. The molecule has 0 fully saturated rings. The van der Waals surface area contributed by atoms with Crippen molar-refractivity contribution in [2.24, 2.45) is 0 Å². The Kier molecular flexibility index (Phi) is 4.74. The van der Waals surface area contributed by atoms with E-state index in [4.69, 9.17) is 4.74 Å². The van der Waals surface area contributed by atoms with Gasteiger partial charge in [0, 0.05) is 13.1 Å². The van der Waals surface area contributed by atoms with Gasteiger partial charge >= 0.3 is 6.09 Å². The van der Waals surface area contributed by atoms with Crippen LogP contribution >= 0.6 is 0 Å². The molecule has 0 radical (unpaired) electrons. The van der Waals surface area contributed by atoms with Crippen molar-refractivity contribution in [3.63, 3.8) is 0 Å². The number of carbonyl (C=O) groups is 2. The molecule has 5 heteroatoms. The number of nitrogens with one attached hydrogen (secondary N) is 1. The van der Waals surface area contributed by atoms with Crippen LogP contribution in [0.2, 0.25) is 0 Å². The van der Waals surface area contributed by atoms with Crippen molar-refractivity contribution in [2.75, 3.05) is 13.6 Å². The zero-order valence-electron chi connectivity index (χ0n) is 13.7. The molecule has 0 saturated carbocycles. The monoisotopic (exact) mass is 304 g/mol. The lowest BCUT2D eigenvalue weighted by atomic mass is 10.1. The maximum atomic E-state index is 12.2. The van der Waals surface area contributed by atoms with Crippen molar-refractivity contribution in [3.8, 4) is 0 Å². The number of benzene rings is 1. The van der Waals surface area contributed by atoms with E-state index in [1.165, 1.54) is 11.1 Å². The molecule has 0 bridgehead atoms. The number of alkyl carbamates (subject to hydrolysis) is 1. The summed E-state index contributed by atoms with van der Waals surface area (Å²) in [6.07, 6.45) is 1.17. The van der Waals surface area contributed by atoms with E-state index in [0.29, 0.717) is 0 Å². The van der Waals surface area contributed by atoms with E-state index in [9.17, 15) is 9.59 Å². The van der Waals surface area contributed by atoms with Crippen molar-refractivity contribution in [3.05, 3.63) is 35.4 Å². The topological polar surface area (TPSA) is 58.6 Å². The van der Waals surface area contributed by atoms with Crippen LogP contribution < -0.4 is 5.32 Å². The molecule has 22 heavy (non-hydrogen) atoms. The van der Waals surface area contributed by atoms with Gasteiger partial charge in [-0.1, -0.05) is 24.3 Å². The molecule has 0 aromatic heterocycles. The number of nitrogens with zero attached hydrogens (tertiary/aromatic N) is 1. The number of rotatable bonds is 3. The Morgan fingerprint density at radius 1 is 1.23 bits per heavy atom. The summed E-state index contributed by atoms with van der Waals surface area (Å²) in [7, 11) is 1.79. The Balaban J connectivity index is 1.83. The fourth-order valence-corrected chi connectivity index (χ4v) is 2.60. The average Bonchev–Trinajstić information content (AvgIpc) is 2.85. The number of likely N-dealkylation sites (N-methyl/N-ethyl adjacent to an activating group) is 1. The molecule has 1 aromatic rings. The maximum absolute atomic E-state index is 12.2. The van der Waals surface area contributed by atoms with Gasteiger partial charge in [0.1, 0.15) is 12.1 Å². The normalized spacial score (nSPS) is 14.4. The summed E-state index contributed by atoms with van der Waals surface area (Å²) in [4.78, 5) is 25.5. The summed E-state index contributed by atoms with van der Waals surface area (Å²) in [5.41, 5.74) is 2.03. The molecule has 0 spiro atoms. The van der Waals surface area contributed by atoms with E-state index in [2.05, 4.69) is 17.4 Å². The summed E-state index contributed by atoms with van der Waals surface area (Å²) in [6, 6.07) is 8.41. The van der Waals surface area contributed by atoms with Gasteiger partial charge in [0.25, 0.3) is 0 Å². The van der Waals surface area contributed by atoms with E-state index in [0.717, 1.165) is 12.8 Å². The van der Waals surface area contributed by atoms with Crippen molar-refractivity contribution < 1.29 is 14.3 Å². The molecule has 120 valence electrons. The minimum absolute atomic E-state index is 0.0434. The lowest BCUT2D eigenvalue weighted by molar-refractivity contribution is -0.130. The van der Waals surface area contributed by atoms with Gasteiger partial charge in [-0.25, -0.2) is 4.79 Å². The number of fused-ring (bicyclic) bond motifs is 1. The number of ether oxygens (including phenoxy) is 1. The molecule has 1 aliphatic carbocycles. The molecule has 0 aliphatic heterocycles. The number of hydrogen-bond acceptors (Lipinski definition) is 3. The van der Waals surface area contributed by atoms with E-state index in [1.807, 2.05) is 12.1 Å². The second-order valence-electron chi connectivity index (χ2n) is 6.69. The molecule has 0 heterocycles. The van der Waals surface area contributed by atoms with Crippen molar-refractivity contribution in [2.45, 2.75) is 45.3 Å². The number of carbonyl (C=O) groups excluding carboxylic acids is 2. The van der Waals surface area contributed by atoms with Crippen LogP contribution in [0.4, 0.5) is 4.79 Å². The van der Waals surface area contributed by atoms with Crippen molar-refractivity contribution >= 4 is 12.0 Å². The van der Waals surface area contributed by atoms with Gasteiger partial charge in [0.15, 0.2) is 0 Å². The lowest BCUT2D eigenvalue weighted by Gasteiger charge is -2.25. The van der Waals surface area contributed by atoms with E-state index in [1.54, 1.807) is 32.7 Å². The first-order valence-electron chi connectivity index (χ1n) is 7.55. The van der Waals surface area contributed by atoms with Gasteiger partial charge in [-0.15, -0.1) is 0 Å². The third kappa shape index (κ3) is 4.23. The Hall–Kier alpha value is -2.04. The highest BCUT2D eigenvalue weighted by molar-refractivity contribution is 5.82. The molecule has 0 saturated heterocycles. The highest BCUT2D eigenvalue weighted by Crippen LogP contribution is 2.24. The first kappa shape index (κ1) is 16.3. The quantitative estimate of drug-likeness (QED) is 0.930.